The highest BCUT2D eigenvalue weighted by Gasteiger charge is 2.21. The number of carbonyl (C=O) groups is 1. The van der Waals surface area contributed by atoms with Crippen LogP contribution in [0.15, 0.2) is 18.3 Å². The summed E-state index contributed by atoms with van der Waals surface area (Å²) in [5.74, 6) is 0.410. The monoisotopic (exact) mass is 267 g/mol. The number of aromatic nitrogens is 1. The maximum Gasteiger partial charge on any atom is 0.254 e. The number of hydrogen-bond donors (Lipinski definition) is 1. The minimum absolute atomic E-state index is 0.136. The fourth-order valence-corrected chi connectivity index (χ4v) is 2.46. The van der Waals surface area contributed by atoms with Gasteiger partial charge in [-0.15, -0.1) is 0 Å². The van der Waals surface area contributed by atoms with Gasteiger partial charge in [0.25, 0.3) is 5.91 Å². The molecule has 0 bridgehead atoms. The third-order valence-corrected chi connectivity index (χ3v) is 3.67. The average Bonchev–Trinajstić information content (AvgIpc) is 2.84. The van der Waals surface area contributed by atoms with Crippen LogP contribution in [0.4, 0.5) is 0 Å². The Kier molecular flexibility index (Phi) is 4.55. The summed E-state index contributed by atoms with van der Waals surface area (Å²) in [6.45, 7) is 6.15. The predicted molar refractivity (Wildman–Crippen MR) is 71.8 cm³/mol. The van der Waals surface area contributed by atoms with Crippen LogP contribution in [-0.4, -0.2) is 42.0 Å². The molecule has 2 rings (SSSR count). The number of pyridine rings is 1. The summed E-state index contributed by atoms with van der Waals surface area (Å²) >= 11 is 5.88. The molecule has 0 aromatic carbocycles. The van der Waals surface area contributed by atoms with Crippen molar-refractivity contribution in [2.45, 2.75) is 13.3 Å². The van der Waals surface area contributed by atoms with Gasteiger partial charge in [-0.1, -0.05) is 18.5 Å². The van der Waals surface area contributed by atoms with E-state index >= 15 is 0 Å². The Balaban J connectivity index is 1.84. The van der Waals surface area contributed by atoms with Gasteiger partial charge in [0.2, 0.25) is 0 Å². The van der Waals surface area contributed by atoms with E-state index in [1.54, 1.807) is 18.3 Å². The van der Waals surface area contributed by atoms with E-state index in [0.29, 0.717) is 18.0 Å². The summed E-state index contributed by atoms with van der Waals surface area (Å²) < 4.78 is 0. The van der Waals surface area contributed by atoms with Crippen LogP contribution in [0.25, 0.3) is 0 Å². The number of rotatable bonds is 4. The van der Waals surface area contributed by atoms with E-state index in [1.807, 2.05) is 0 Å². The molecule has 1 amide bonds. The Bertz CT molecular complexity index is 424. The molecule has 4 nitrogen and oxygen atoms in total. The molecule has 1 unspecified atom stereocenters. The number of nitrogens with zero attached hydrogens (tertiary/aromatic N) is 2. The summed E-state index contributed by atoms with van der Waals surface area (Å²) in [5.41, 5.74) is 0.449. The fourth-order valence-electron chi connectivity index (χ4n) is 2.25. The van der Waals surface area contributed by atoms with Gasteiger partial charge >= 0.3 is 0 Å². The van der Waals surface area contributed by atoms with Crippen molar-refractivity contribution >= 4 is 17.5 Å². The molecule has 18 heavy (non-hydrogen) atoms. The molecule has 0 saturated carbocycles. The fraction of sp³-hybridized carbons (Fsp3) is 0.538. The Morgan fingerprint density at radius 1 is 1.67 bits per heavy atom. The van der Waals surface area contributed by atoms with E-state index in [-0.39, 0.29) is 11.1 Å². The van der Waals surface area contributed by atoms with Crippen molar-refractivity contribution in [1.82, 2.24) is 15.2 Å². The lowest BCUT2D eigenvalue weighted by Crippen LogP contribution is -2.31. The van der Waals surface area contributed by atoms with Gasteiger partial charge in [-0.05, 0) is 37.6 Å². The molecule has 1 atom stereocenters. The van der Waals surface area contributed by atoms with E-state index in [2.05, 4.69) is 22.1 Å². The number of amides is 1. The zero-order chi connectivity index (χ0) is 13.0. The largest absolute Gasteiger partial charge is 0.352 e. The van der Waals surface area contributed by atoms with Crippen molar-refractivity contribution in [2.24, 2.45) is 5.92 Å². The summed E-state index contributed by atoms with van der Waals surface area (Å²) in [6.07, 6.45) is 2.73. The van der Waals surface area contributed by atoms with E-state index in [0.717, 1.165) is 26.1 Å². The Morgan fingerprint density at radius 2 is 2.50 bits per heavy atom. The highest BCUT2D eigenvalue weighted by molar-refractivity contribution is 6.32. The Morgan fingerprint density at radius 3 is 3.17 bits per heavy atom. The quantitative estimate of drug-likeness (QED) is 0.847. The summed E-state index contributed by atoms with van der Waals surface area (Å²) in [4.78, 5) is 18.2. The minimum atomic E-state index is -0.136. The number of likely N-dealkylation sites (tertiary alicyclic amines) is 1. The molecular formula is C13H18ClN3O. The molecule has 98 valence electrons. The van der Waals surface area contributed by atoms with Gasteiger partial charge in [0.15, 0.2) is 0 Å². The van der Waals surface area contributed by atoms with Crippen LogP contribution in [0.3, 0.4) is 0 Å². The lowest BCUT2D eigenvalue weighted by Gasteiger charge is -2.13. The van der Waals surface area contributed by atoms with Gasteiger partial charge in [0.05, 0.1) is 5.56 Å². The van der Waals surface area contributed by atoms with Crippen LogP contribution in [0.5, 0.6) is 0 Å². The normalized spacial score (nSPS) is 20.0. The molecule has 1 aliphatic heterocycles. The molecule has 1 fully saturated rings. The Labute approximate surface area is 112 Å². The van der Waals surface area contributed by atoms with Gasteiger partial charge in [-0.2, -0.15) is 0 Å². The summed E-state index contributed by atoms with van der Waals surface area (Å²) in [6, 6.07) is 3.41. The maximum absolute atomic E-state index is 11.9. The second-order valence-electron chi connectivity index (χ2n) is 4.60. The summed E-state index contributed by atoms with van der Waals surface area (Å²) in [5, 5.41) is 3.20. The number of halogens is 1. The number of carbonyl (C=O) groups excluding carboxylic acids is 1. The topological polar surface area (TPSA) is 45.2 Å². The van der Waals surface area contributed by atoms with Crippen molar-refractivity contribution in [2.75, 3.05) is 26.2 Å². The molecular weight excluding hydrogens is 250 g/mol. The standard InChI is InChI=1S/C13H18ClN3O/c1-2-17-7-5-10(9-17)8-16-13(18)11-4-3-6-15-12(11)14/h3-4,6,10H,2,5,7-9H2,1H3,(H,16,18). The molecule has 2 heterocycles. The predicted octanol–water partition coefficient (Wildman–Crippen LogP) is 1.81. The lowest BCUT2D eigenvalue weighted by atomic mass is 10.1. The van der Waals surface area contributed by atoms with Crippen LogP contribution >= 0.6 is 11.6 Å². The van der Waals surface area contributed by atoms with Crippen molar-refractivity contribution in [3.05, 3.63) is 29.0 Å². The minimum Gasteiger partial charge on any atom is -0.352 e. The van der Waals surface area contributed by atoms with Crippen LogP contribution in [0.2, 0.25) is 5.15 Å². The summed E-state index contributed by atoms with van der Waals surface area (Å²) in [7, 11) is 0. The second-order valence-corrected chi connectivity index (χ2v) is 4.96. The van der Waals surface area contributed by atoms with Gasteiger partial charge in [-0.3, -0.25) is 4.79 Å². The first kappa shape index (κ1) is 13.3. The van der Waals surface area contributed by atoms with Gasteiger partial charge in [0, 0.05) is 19.3 Å². The molecule has 1 aromatic rings. The lowest BCUT2D eigenvalue weighted by molar-refractivity contribution is 0.0947. The van der Waals surface area contributed by atoms with E-state index < -0.39 is 0 Å². The highest BCUT2D eigenvalue weighted by Crippen LogP contribution is 2.15. The first-order chi connectivity index (χ1) is 8.70. The maximum atomic E-state index is 11.9. The zero-order valence-electron chi connectivity index (χ0n) is 10.5. The molecule has 1 N–H and O–H groups in total. The van der Waals surface area contributed by atoms with Crippen LogP contribution < -0.4 is 5.32 Å². The number of hydrogen-bond acceptors (Lipinski definition) is 3. The van der Waals surface area contributed by atoms with Crippen LogP contribution in [0.1, 0.15) is 23.7 Å². The molecule has 0 spiro atoms. The van der Waals surface area contributed by atoms with E-state index in [1.165, 1.54) is 0 Å². The third-order valence-electron chi connectivity index (χ3n) is 3.37. The molecule has 0 aliphatic carbocycles. The highest BCUT2D eigenvalue weighted by atomic mass is 35.5. The average molecular weight is 268 g/mol. The molecule has 5 heteroatoms. The second kappa shape index (κ2) is 6.16. The van der Waals surface area contributed by atoms with Crippen LogP contribution in [0, 0.1) is 5.92 Å². The van der Waals surface area contributed by atoms with E-state index in [9.17, 15) is 4.79 Å². The zero-order valence-corrected chi connectivity index (χ0v) is 11.3. The first-order valence-corrected chi connectivity index (χ1v) is 6.69. The van der Waals surface area contributed by atoms with E-state index in [4.69, 9.17) is 11.6 Å². The third kappa shape index (κ3) is 3.21. The first-order valence-electron chi connectivity index (χ1n) is 6.31. The van der Waals surface area contributed by atoms with Gasteiger partial charge in [-0.25, -0.2) is 4.98 Å². The van der Waals surface area contributed by atoms with Crippen LogP contribution in [-0.2, 0) is 0 Å². The Hall–Kier alpha value is -1.13. The molecule has 1 aliphatic rings. The molecule has 1 saturated heterocycles. The van der Waals surface area contributed by atoms with Gasteiger partial charge < -0.3 is 10.2 Å². The van der Waals surface area contributed by atoms with Crippen molar-refractivity contribution in [3.8, 4) is 0 Å². The SMILES string of the molecule is CCN1CCC(CNC(=O)c2cccnc2Cl)C1. The van der Waals surface area contributed by atoms with Crippen molar-refractivity contribution in [1.29, 1.82) is 0 Å². The number of nitrogens with one attached hydrogen (secondary N) is 1. The smallest absolute Gasteiger partial charge is 0.254 e. The molecule has 1 aromatic heterocycles. The van der Waals surface area contributed by atoms with Crippen molar-refractivity contribution in [3.63, 3.8) is 0 Å². The van der Waals surface area contributed by atoms with Crippen molar-refractivity contribution < 1.29 is 4.79 Å². The van der Waals surface area contributed by atoms with Gasteiger partial charge in [0.1, 0.15) is 5.15 Å². The molecule has 0 radical (unpaired) electrons.